The third-order valence-corrected chi connectivity index (χ3v) is 12.4. The number of unbranched alkanes of at least 4 members (excludes halogenated alkanes) is 2. The molecule has 10 N–H and O–H groups in total. The third-order valence-electron chi connectivity index (χ3n) is 12.4. The Morgan fingerprint density at radius 2 is 1.06 bits per heavy atom. The number of carboxylic acid groups (broad SMARTS) is 8. The van der Waals surface area contributed by atoms with Crippen LogP contribution in [0, 0.1) is 42.8 Å². The molecule has 435 valence electrons. The van der Waals surface area contributed by atoms with Gasteiger partial charge in [0, 0.05) is 135 Å². The summed E-state index contributed by atoms with van der Waals surface area (Å²) >= 11 is 0. The fraction of sp³-hybridized carbons (Fsp3) is 0.604. The number of nitrogens with zero attached hydrogens (tertiary/aromatic N) is 8. The van der Waals surface area contributed by atoms with E-state index in [4.69, 9.17) is 10.1 Å². The molecule has 2 heterocycles. The first-order chi connectivity index (χ1) is 35.9. The molecular weight excluding hydrogens is 1180 g/mol. The SMILES string of the molecule is CN(C)c1nc(CCCCC[C@H](CC(=O)CC[C@H](NC(=O)N[C@@H](CCC(=O)O)C(=O)O)C(=O)O)C(=O)O)nc(Cc2ccc(CC3CN(CC(=O)O)CCN(CC(=O)O)CCN(CC(=O)O)CCN3CC(=O)O)cc2)n1.[Lu]. The molecule has 2 aromatic rings. The van der Waals surface area contributed by atoms with Crippen molar-refractivity contribution < 1.29 is 126 Å². The number of aryl methyl sites for hydroxylation is 1. The minimum absolute atomic E-state index is 0. The number of ketones is 1. The van der Waals surface area contributed by atoms with Crippen molar-refractivity contribution in [3.8, 4) is 0 Å². The third kappa shape index (κ3) is 27.1. The molecule has 4 atom stereocenters. The molecule has 1 fully saturated rings. The molecule has 0 bridgehead atoms. The summed E-state index contributed by atoms with van der Waals surface area (Å²) in [6.45, 7) is -0.364. The van der Waals surface area contributed by atoms with Crippen molar-refractivity contribution in [1.29, 1.82) is 0 Å². The van der Waals surface area contributed by atoms with Crippen molar-refractivity contribution in [1.82, 2.24) is 45.2 Å². The van der Waals surface area contributed by atoms with Crippen molar-refractivity contribution in [2.45, 2.75) is 95.2 Å². The number of carbonyl (C=O) groups is 10. The van der Waals surface area contributed by atoms with E-state index in [0.717, 1.165) is 11.1 Å². The van der Waals surface area contributed by atoms with E-state index < -0.39 is 122 Å². The van der Waals surface area contributed by atoms with E-state index >= 15 is 0 Å². The Bertz CT molecular complexity index is 2330. The number of hydrogen-bond donors (Lipinski definition) is 10. The zero-order chi connectivity index (χ0) is 56.5. The van der Waals surface area contributed by atoms with Gasteiger partial charge in [-0.05, 0) is 43.2 Å². The summed E-state index contributed by atoms with van der Waals surface area (Å²) in [4.78, 5) is 141. The number of aliphatic carboxylic acids is 8. The summed E-state index contributed by atoms with van der Waals surface area (Å²) in [6.07, 6.45) is 0.408. The van der Waals surface area contributed by atoms with Gasteiger partial charge >= 0.3 is 53.8 Å². The molecular formula is C48H70LuN10O18. The van der Waals surface area contributed by atoms with E-state index in [0.29, 0.717) is 49.7 Å². The normalized spacial score (nSPS) is 16.2. The average Bonchev–Trinajstić information content (AvgIpc) is 3.32. The average molecular weight is 1250 g/mol. The van der Waals surface area contributed by atoms with Crippen molar-refractivity contribution in [2.75, 3.05) is 91.0 Å². The summed E-state index contributed by atoms with van der Waals surface area (Å²) in [5.41, 5.74) is 1.63. The van der Waals surface area contributed by atoms with E-state index in [9.17, 15) is 83.7 Å². The zero-order valence-corrected chi connectivity index (χ0v) is 44.5. The molecule has 28 nitrogen and oxygen atoms in total. The number of carboxylic acids is 8. The van der Waals surface area contributed by atoms with E-state index in [2.05, 4.69) is 15.3 Å². The molecule has 1 aromatic heterocycles. The maximum Gasteiger partial charge on any atom is 0.326 e. The number of nitrogens with one attached hydrogen (secondary N) is 2. The fourth-order valence-electron chi connectivity index (χ4n) is 8.44. The van der Waals surface area contributed by atoms with Crippen molar-refractivity contribution in [3.05, 3.63) is 47.0 Å². The second kappa shape index (κ2) is 34.5. The molecule has 1 radical (unpaired) electrons. The second-order valence-electron chi connectivity index (χ2n) is 18.8. The van der Waals surface area contributed by atoms with Crippen LogP contribution in [-0.4, -0.2) is 239 Å². The number of rotatable bonds is 32. The van der Waals surface area contributed by atoms with E-state index in [-0.39, 0.29) is 115 Å². The number of carbonyl (C=O) groups excluding carboxylic acids is 2. The minimum Gasteiger partial charge on any atom is -0.481 e. The van der Waals surface area contributed by atoms with Crippen LogP contribution in [0.15, 0.2) is 24.3 Å². The van der Waals surface area contributed by atoms with Crippen LogP contribution in [0.2, 0.25) is 0 Å². The van der Waals surface area contributed by atoms with Crippen LogP contribution in [0.4, 0.5) is 10.7 Å². The number of hydrogen-bond acceptors (Lipinski definition) is 18. The van der Waals surface area contributed by atoms with Gasteiger partial charge in [-0.15, -0.1) is 0 Å². The Labute approximate surface area is 473 Å². The van der Waals surface area contributed by atoms with Crippen molar-refractivity contribution >= 4 is 65.5 Å². The zero-order valence-electron chi connectivity index (χ0n) is 42.9. The summed E-state index contributed by atoms with van der Waals surface area (Å²) in [7, 11) is 3.54. The smallest absolute Gasteiger partial charge is 0.326 e. The van der Waals surface area contributed by atoms with Gasteiger partial charge < -0.3 is 56.4 Å². The predicted molar refractivity (Wildman–Crippen MR) is 266 cm³/mol. The Morgan fingerprint density at radius 1 is 0.571 bits per heavy atom. The van der Waals surface area contributed by atoms with Crippen molar-refractivity contribution in [2.24, 2.45) is 5.92 Å². The van der Waals surface area contributed by atoms with Gasteiger partial charge in [0.05, 0.1) is 32.1 Å². The second-order valence-corrected chi connectivity index (χ2v) is 18.8. The summed E-state index contributed by atoms with van der Waals surface area (Å²) in [6, 6.07) is 2.47. The predicted octanol–water partition coefficient (Wildman–Crippen LogP) is -0.387. The maximum atomic E-state index is 12.8. The van der Waals surface area contributed by atoms with Gasteiger partial charge in [0.25, 0.3) is 0 Å². The van der Waals surface area contributed by atoms with Gasteiger partial charge in [0.1, 0.15) is 29.5 Å². The van der Waals surface area contributed by atoms with Crippen LogP contribution in [0.25, 0.3) is 0 Å². The maximum absolute atomic E-state index is 12.8. The molecule has 0 saturated carbocycles. The number of benzene rings is 1. The number of aromatic nitrogens is 3. The van der Waals surface area contributed by atoms with Crippen LogP contribution >= 0.6 is 0 Å². The first-order valence-corrected chi connectivity index (χ1v) is 24.6. The molecule has 77 heavy (non-hydrogen) atoms. The van der Waals surface area contributed by atoms with Crippen LogP contribution in [0.5, 0.6) is 0 Å². The summed E-state index contributed by atoms with van der Waals surface area (Å²) < 4.78 is 0. The van der Waals surface area contributed by atoms with Crippen LogP contribution in [-0.2, 0) is 62.4 Å². The topological polar surface area (TPSA) is 411 Å². The van der Waals surface area contributed by atoms with E-state index in [1.807, 2.05) is 29.6 Å². The quantitative estimate of drug-likeness (QED) is 0.0417. The Morgan fingerprint density at radius 3 is 1.57 bits per heavy atom. The van der Waals surface area contributed by atoms with Gasteiger partial charge in [-0.1, -0.05) is 37.1 Å². The Hall–Kier alpha value is -6.20. The van der Waals surface area contributed by atoms with Crippen LogP contribution < -0.4 is 15.5 Å². The molecule has 1 saturated heterocycles. The number of Topliss-reactive ketones (excluding diaryl/α,β-unsaturated/α-hetero) is 1. The first kappa shape index (κ1) is 66.9. The van der Waals surface area contributed by atoms with Gasteiger partial charge in [-0.2, -0.15) is 9.97 Å². The molecule has 1 aliphatic rings. The standard InChI is InChI=1S/C48H70N10O18.Lu/c1-54(2)47-52-37(7-5-3-4-6-32(44(70)71)24-34(59)12-13-35(45(72)73)49-48(76)50-36(46(74)75)14-15-39(60)61)51-38(53-47)23-31-10-8-30(9-11-31)22-33-25-57(28-42(66)67)19-18-55(26-40(62)63)16-17-56(27-41(64)65)20-21-58(33)29-43(68)69;/h8-11,32-33,35-36H,3-7,12-29H2,1-2H3,(H,60,61)(H,62,63)(H,64,65)(H,66,67)(H,68,69)(H,70,71)(H,72,73)(H,74,75)(H2,49,50,76);/t32-,33?,35+,36+;/m1./s1. The molecule has 0 aliphatic carbocycles. The van der Waals surface area contributed by atoms with Gasteiger partial charge in [-0.3, -0.25) is 53.2 Å². The minimum atomic E-state index is -1.63. The van der Waals surface area contributed by atoms with Gasteiger partial charge in [-0.25, -0.2) is 19.4 Å². The largest absolute Gasteiger partial charge is 0.481 e. The monoisotopic (exact) mass is 1250 g/mol. The van der Waals surface area contributed by atoms with Crippen molar-refractivity contribution in [3.63, 3.8) is 0 Å². The number of urea groups is 1. The van der Waals surface area contributed by atoms with Crippen LogP contribution in [0.1, 0.15) is 80.6 Å². The number of anilines is 1. The fourth-order valence-corrected chi connectivity index (χ4v) is 8.44. The summed E-state index contributed by atoms with van der Waals surface area (Å²) in [5, 5.41) is 80.4. The molecule has 1 aliphatic heterocycles. The Balaban J connectivity index is 0.0000203. The molecule has 2 amide bonds. The van der Waals surface area contributed by atoms with Gasteiger partial charge in [0.2, 0.25) is 5.95 Å². The van der Waals surface area contributed by atoms with E-state index in [1.54, 1.807) is 38.6 Å². The molecule has 0 spiro atoms. The molecule has 1 unspecified atom stereocenters. The summed E-state index contributed by atoms with van der Waals surface area (Å²) in [5.74, 6) is -10.3. The number of amides is 2. The molecule has 29 heteroatoms. The van der Waals surface area contributed by atoms with Crippen LogP contribution in [0.3, 0.4) is 0 Å². The van der Waals surface area contributed by atoms with E-state index in [1.165, 1.54) is 0 Å². The van der Waals surface area contributed by atoms with Gasteiger partial charge in [0.15, 0.2) is 0 Å². The molecule has 3 rings (SSSR count). The first-order valence-electron chi connectivity index (χ1n) is 24.6. The Kier molecular flexibility index (Phi) is 30.0. The molecule has 1 aromatic carbocycles.